The fraction of sp³-hybridized carbons (Fsp3) is 0.308. The molecule has 0 aliphatic carbocycles. The van der Waals surface area contributed by atoms with Crippen molar-refractivity contribution in [3.8, 4) is 5.75 Å². The van der Waals surface area contributed by atoms with E-state index in [0.717, 1.165) is 49.5 Å². The molecule has 0 amide bonds. The zero-order valence-electron chi connectivity index (χ0n) is 17.8. The molecule has 1 heterocycles. The van der Waals surface area contributed by atoms with E-state index in [1.54, 1.807) is 7.11 Å². The SMILES string of the molecule is COc1ccccc1C(O)(c1ccccc1)C(CN1CCOCC1)c1ccccc1.[Cl-]. The number of halogens is 1. The van der Waals surface area contributed by atoms with Gasteiger partial charge in [0, 0.05) is 31.1 Å². The lowest BCUT2D eigenvalue weighted by atomic mass is 9.72. The van der Waals surface area contributed by atoms with Crippen molar-refractivity contribution in [2.75, 3.05) is 40.0 Å². The highest BCUT2D eigenvalue weighted by Crippen LogP contribution is 2.46. The second kappa shape index (κ2) is 10.8. The van der Waals surface area contributed by atoms with Crippen molar-refractivity contribution in [3.05, 3.63) is 102 Å². The summed E-state index contributed by atoms with van der Waals surface area (Å²) in [5.41, 5.74) is 1.48. The number of benzene rings is 3. The third-order valence-corrected chi connectivity index (χ3v) is 5.98. The van der Waals surface area contributed by atoms with Gasteiger partial charge >= 0.3 is 0 Å². The van der Waals surface area contributed by atoms with Crippen LogP contribution in [0.4, 0.5) is 0 Å². The number of hydrogen-bond donors (Lipinski definition) is 1. The van der Waals surface area contributed by atoms with E-state index in [2.05, 4.69) is 17.0 Å². The van der Waals surface area contributed by atoms with Crippen LogP contribution in [-0.4, -0.2) is 50.0 Å². The Morgan fingerprint density at radius 1 is 0.903 bits per heavy atom. The Morgan fingerprint density at radius 2 is 1.48 bits per heavy atom. The number of hydrogen-bond acceptors (Lipinski definition) is 4. The van der Waals surface area contributed by atoms with Crippen molar-refractivity contribution < 1.29 is 27.0 Å². The summed E-state index contributed by atoms with van der Waals surface area (Å²) in [7, 11) is 1.66. The van der Waals surface area contributed by atoms with Gasteiger partial charge in [0.05, 0.1) is 20.3 Å². The molecule has 164 valence electrons. The first-order valence-corrected chi connectivity index (χ1v) is 10.5. The van der Waals surface area contributed by atoms with Gasteiger partial charge in [0.2, 0.25) is 0 Å². The van der Waals surface area contributed by atoms with Gasteiger partial charge < -0.3 is 27.0 Å². The molecule has 0 aromatic heterocycles. The van der Waals surface area contributed by atoms with Crippen molar-refractivity contribution >= 4 is 0 Å². The minimum Gasteiger partial charge on any atom is -1.00 e. The summed E-state index contributed by atoms with van der Waals surface area (Å²) in [5.74, 6) is 0.502. The average Bonchev–Trinajstić information content (AvgIpc) is 2.84. The summed E-state index contributed by atoms with van der Waals surface area (Å²) in [6.07, 6.45) is 0. The third-order valence-electron chi connectivity index (χ3n) is 5.98. The zero-order chi connectivity index (χ0) is 20.8. The van der Waals surface area contributed by atoms with E-state index in [9.17, 15) is 5.11 Å². The normalized spacial score (nSPS) is 17.2. The predicted octanol–water partition coefficient (Wildman–Crippen LogP) is 1.05. The molecule has 3 aromatic carbocycles. The van der Waals surface area contributed by atoms with E-state index in [-0.39, 0.29) is 18.3 Å². The Morgan fingerprint density at radius 3 is 2.13 bits per heavy atom. The van der Waals surface area contributed by atoms with E-state index < -0.39 is 5.60 Å². The number of ether oxygens (including phenoxy) is 2. The smallest absolute Gasteiger partial charge is 0.126 e. The van der Waals surface area contributed by atoms with Crippen LogP contribution >= 0.6 is 0 Å². The monoisotopic (exact) mass is 438 g/mol. The maximum atomic E-state index is 12.6. The maximum Gasteiger partial charge on any atom is 0.126 e. The van der Waals surface area contributed by atoms with Crippen molar-refractivity contribution in [1.29, 1.82) is 0 Å². The molecule has 4 rings (SSSR count). The Labute approximate surface area is 190 Å². The summed E-state index contributed by atoms with van der Waals surface area (Å²) in [5, 5.41) is 12.6. The van der Waals surface area contributed by atoms with E-state index in [0.29, 0.717) is 5.75 Å². The van der Waals surface area contributed by atoms with E-state index in [1.807, 2.05) is 72.8 Å². The first-order valence-electron chi connectivity index (χ1n) is 10.5. The summed E-state index contributed by atoms with van der Waals surface area (Å²) < 4.78 is 11.2. The maximum absolute atomic E-state index is 12.6. The van der Waals surface area contributed by atoms with Crippen LogP contribution in [0.5, 0.6) is 5.75 Å². The average molecular weight is 439 g/mol. The lowest BCUT2D eigenvalue weighted by Gasteiger charge is -2.41. The first kappa shape index (κ1) is 23.3. The van der Waals surface area contributed by atoms with Crippen molar-refractivity contribution in [2.24, 2.45) is 0 Å². The van der Waals surface area contributed by atoms with Crippen LogP contribution in [-0.2, 0) is 10.3 Å². The number of rotatable bonds is 7. The third kappa shape index (κ3) is 4.94. The molecule has 1 aliphatic rings. The number of methoxy groups -OCH3 is 1. The molecule has 0 radical (unpaired) electrons. The molecular formula is C26H29ClNO3-. The topological polar surface area (TPSA) is 41.9 Å². The summed E-state index contributed by atoms with van der Waals surface area (Å²) >= 11 is 0. The molecular weight excluding hydrogens is 410 g/mol. The number of morpholine rings is 1. The summed E-state index contributed by atoms with van der Waals surface area (Å²) in [6, 6.07) is 28.0. The van der Waals surface area contributed by atoms with Crippen molar-refractivity contribution in [2.45, 2.75) is 11.5 Å². The van der Waals surface area contributed by atoms with Crippen LogP contribution in [0.15, 0.2) is 84.9 Å². The lowest BCUT2D eigenvalue weighted by molar-refractivity contribution is -0.000279. The van der Waals surface area contributed by atoms with Gasteiger partial charge in [-0.2, -0.15) is 0 Å². The minimum atomic E-state index is -1.26. The van der Waals surface area contributed by atoms with E-state index in [1.165, 1.54) is 0 Å². The van der Waals surface area contributed by atoms with Gasteiger partial charge in [-0.25, -0.2) is 0 Å². The van der Waals surface area contributed by atoms with Gasteiger partial charge in [-0.15, -0.1) is 0 Å². The molecule has 0 spiro atoms. The highest BCUT2D eigenvalue weighted by atomic mass is 35.5. The largest absolute Gasteiger partial charge is 1.00 e. The van der Waals surface area contributed by atoms with Crippen LogP contribution < -0.4 is 17.1 Å². The van der Waals surface area contributed by atoms with Crippen LogP contribution in [0, 0.1) is 0 Å². The molecule has 2 unspecified atom stereocenters. The van der Waals surface area contributed by atoms with E-state index >= 15 is 0 Å². The second-order valence-corrected chi connectivity index (χ2v) is 7.71. The lowest BCUT2D eigenvalue weighted by Crippen LogP contribution is -3.00. The molecule has 1 aliphatic heterocycles. The Bertz CT molecular complexity index is 932. The quantitative estimate of drug-likeness (QED) is 0.599. The number of para-hydroxylation sites is 1. The van der Waals surface area contributed by atoms with Crippen LogP contribution in [0.1, 0.15) is 22.6 Å². The molecule has 1 N–H and O–H groups in total. The predicted molar refractivity (Wildman–Crippen MR) is 119 cm³/mol. The van der Waals surface area contributed by atoms with Gasteiger partial charge in [0.15, 0.2) is 0 Å². The van der Waals surface area contributed by atoms with Gasteiger partial charge in [-0.05, 0) is 17.2 Å². The fourth-order valence-corrected chi connectivity index (χ4v) is 4.40. The molecule has 0 saturated carbocycles. The molecule has 0 bridgehead atoms. The Hall–Kier alpha value is -2.37. The minimum absolute atomic E-state index is 0. The standard InChI is InChI=1S/C26H29NO3.ClH/c1-29-25-15-9-8-14-23(25)26(28,22-12-6-3-7-13-22)24(21-10-4-2-5-11-21)20-27-16-18-30-19-17-27;/h2-15,24,28H,16-20H2,1H3;1H/p-1. The molecule has 5 heteroatoms. The van der Waals surface area contributed by atoms with Gasteiger partial charge in [0.1, 0.15) is 11.4 Å². The van der Waals surface area contributed by atoms with Crippen LogP contribution in [0.2, 0.25) is 0 Å². The molecule has 2 atom stereocenters. The Kier molecular flexibility index (Phi) is 8.10. The molecule has 3 aromatic rings. The number of aliphatic hydroxyl groups is 1. The van der Waals surface area contributed by atoms with Gasteiger partial charge in [0.25, 0.3) is 0 Å². The van der Waals surface area contributed by atoms with Gasteiger partial charge in [-0.1, -0.05) is 78.9 Å². The highest BCUT2D eigenvalue weighted by Gasteiger charge is 2.43. The molecule has 1 fully saturated rings. The highest BCUT2D eigenvalue weighted by molar-refractivity contribution is 5.48. The molecule has 4 nitrogen and oxygen atoms in total. The second-order valence-electron chi connectivity index (χ2n) is 7.71. The van der Waals surface area contributed by atoms with Gasteiger partial charge in [-0.3, -0.25) is 4.90 Å². The van der Waals surface area contributed by atoms with E-state index in [4.69, 9.17) is 9.47 Å². The van der Waals surface area contributed by atoms with Crippen molar-refractivity contribution in [3.63, 3.8) is 0 Å². The summed E-state index contributed by atoms with van der Waals surface area (Å²) in [4.78, 5) is 2.38. The van der Waals surface area contributed by atoms with Crippen molar-refractivity contribution in [1.82, 2.24) is 4.90 Å². The molecule has 31 heavy (non-hydrogen) atoms. The Balaban J connectivity index is 0.00000272. The fourth-order valence-electron chi connectivity index (χ4n) is 4.40. The zero-order valence-corrected chi connectivity index (χ0v) is 18.5. The number of nitrogens with zero attached hydrogens (tertiary/aromatic N) is 1. The van der Waals surface area contributed by atoms with Crippen LogP contribution in [0.25, 0.3) is 0 Å². The summed E-state index contributed by atoms with van der Waals surface area (Å²) in [6.45, 7) is 3.89. The molecule has 1 saturated heterocycles. The van der Waals surface area contributed by atoms with Crippen LogP contribution in [0.3, 0.4) is 0 Å². The first-order chi connectivity index (χ1) is 14.7.